The first kappa shape index (κ1) is 15.4. The van der Waals surface area contributed by atoms with Gasteiger partial charge in [0.2, 0.25) is 0 Å². The highest BCUT2D eigenvalue weighted by molar-refractivity contribution is 5.41. The van der Waals surface area contributed by atoms with E-state index in [2.05, 4.69) is 46.2 Å². The summed E-state index contributed by atoms with van der Waals surface area (Å²) in [6.45, 7) is 6.16. The zero-order chi connectivity index (χ0) is 15.1. The molecule has 4 heteroatoms. The quantitative estimate of drug-likeness (QED) is 0.848. The Hall–Kier alpha value is -1.94. The number of aromatic nitrogens is 2. The van der Waals surface area contributed by atoms with Gasteiger partial charge in [0.15, 0.2) is 0 Å². The van der Waals surface area contributed by atoms with Crippen molar-refractivity contribution in [1.82, 2.24) is 15.3 Å². The zero-order valence-electron chi connectivity index (χ0n) is 13.1. The highest BCUT2D eigenvalue weighted by atomic mass is 15.2. The first-order valence-corrected chi connectivity index (χ1v) is 7.51. The molecule has 0 saturated heterocycles. The van der Waals surface area contributed by atoms with E-state index in [0.717, 1.165) is 31.0 Å². The summed E-state index contributed by atoms with van der Waals surface area (Å²) in [7, 11) is 2.05. The summed E-state index contributed by atoms with van der Waals surface area (Å²) in [6, 6.07) is 10.5. The van der Waals surface area contributed by atoms with Gasteiger partial charge in [-0.15, -0.1) is 0 Å². The number of hydrogen-bond donors (Lipinski definition) is 1. The fourth-order valence-electron chi connectivity index (χ4n) is 2.21. The molecule has 2 aromatic heterocycles. The van der Waals surface area contributed by atoms with Crippen LogP contribution in [0.25, 0.3) is 0 Å². The lowest BCUT2D eigenvalue weighted by Crippen LogP contribution is -2.21. The smallest absolute Gasteiger partial charge is 0.128 e. The van der Waals surface area contributed by atoms with E-state index < -0.39 is 0 Å². The standard InChI is InChI=1S/C17H24N4/c1-4-9-18-14(2)15-8-11-20-17(12-15)21(3)13-16-7-5-6-10-19-16/h5-8,10-12,14,18H,4,9,13H2,1-3H3. The molecule has 112 valence electrons. The lowest BCUT2D eigenvalue weighted by molar-refractivity contribution is 0.570. The highest BCUT2D eigenvalue weighted by Gasteiger charge is 2.09. The molecule has 21 heavy (non-hydrogen) atoms. The Labute approximate surface area is 127 Å². The molecule has 2 heterocycles. The van der Waals surface area contributed by atoms with Crippen LogP contribution in [-0.4, -0.2) is 23.6 Å². The first-order valence-electron chi connectivity index (χ1n) is 7.51. The van der Waals surface area contributed by atoms with Crippen LogP contribution in [0, 0.1) is 0 Å². The van der Waals surface area contributed by atoms with Crippen molar-refractivity contribution in [3.05, 3.63) is 54.0 Å². The summed E-state index contributed by atoms with van der Waals surface area (Å²) in [6.07, 6.45) is 4.84. The molecule has 4 nitrogen and oxygen atoms in total. The van der Waals surface area contributed by atoms with Gasteiger partial charge < -0.3 is 10.2 Å². The van der Waals surface area contributed by atoms with Crippen molar-refractivity contribution in [2.45, 2.75) is 32.9 Å². The van der Waals surface area contributed by atoms with E-state index in [1.54, 1.807) is 0 Å². The predicted molar refractivity (Wildman–Crippen MR) is 87.3 cm³/mol. The van der Waals surface area contributed by atoms with E-state index in [9.17, 15) is 0 Å². The van der Waals surface area contributed by atoms with Crippen molar-refractivity contribution in [2.75, 3.05) is 18.5 Å². The second-order valence-corrected chi connectivity index (χ2v) is 5.30. The molecular weight excluding hydrogens is 260 g/mol. The third kappa shape index (κ3) is 4.53. The summed E-state index contributed by atoms with van der Waals surface area (Å²) in [4.78, 5) is 11.0. The molecule has 2 aromatic rings. The fourth-order valence-corrected chi connectivity index (χ4v) is 2.21. The van der Waals surface area contributed by atoms with E-state index in [0.29, 0.717) is 6.04 Å². The normalized spacial score (nSPS) is 12.1. The van der Waals surface area contributed by atoms with E-state index >= 15 is 0 Å². The monoisotopic (exact) mass is 284 g/mol. The summed E-state index contributed by atoms with van der Waals surface area (Å²) in [5, 5.41) is 3.51. The van der Waals surface area contributed by atoms with Crippen LogP contribution in [-0.2, 0) is 6.54 Å². The maximum atomic E-state index is 4.47. The second-order valence-electron chi connectivity index (χ2n) is 5.30. The zero-order valence-corrected chi connectivity index (χ0v) is 13.1. The molecule has 0 aliphatic carbocycles. The van der Waals surface area contributed by atoms with Crippen LogP contribution in [0.15, 0.2) is 42.7 Å². The molecule has 0 saturated carbocycles. The third-order valence-electron chi connectivity index (χ3n) is 3.49. The van der Waals surface area contributed by atoms with Gasteiger partial charge in [-0.2, -0.15) is 0 Å². The van der Waals surface area contributed by atoms with E-state index in [1.807, 2.05) is 37.6 Å². The van der Waals surface area contributed by atoms with Crippen molar-refractivity contribution in [1.29, 1.82) is 0 Å². The number of hydrogen-bond acceptors (Lipinski definition) is 4. The first-order chi connectivity index (χ1) is 10.2. The largest absolute Gasteiger partial charge is 0.354 e. The molecule has 1 unspecified atom stereocenters. The minimum atomic E-state index is 0.343. The van der Waals surface area contributed by atoms with Crippen molar-refractivity contribution >= 4 is 5.82 Å². The Morgan fingerprint density at radius 2 is 2.05 bits per heavy atom. The topological polar surface area (TPSA) is 41.1 Å². The van der Waals surface area contributed by atoms with Crippen LogP contribution in [0.4, 0.5) is 5.82 Å². The summed E-state index contributed by atoms with van der Waals surface area (Å²) in [5.41, 5.74) is 2.31. The molecule has 1 N–H and O–H groups in total. The summed E-state index contributed by atoms with van der Waals surface area (Å²) >= 11 is 0. The Bertz CT molecular complexity index is 541. The predicted octanol–water partition coefficient (Wildman–Crippen LogP) is 3.17. The van der Waals surface area contributed by atoms with Gasteiger partial charge >= 0.3 is 0 Å². The summed E-state index contributed by atoms with van der Waals surface area (Å²) < 4.78 is 0. The molecule has 0 aliphatic rings. The van der Waals surface area contributed by atoms with Crippen LogP contribution < -0.4 is 10.2 Å². The SMILES string of the molecule is CCCNC(C)c1ccnc(N(C)Cc2ccccn2)c1. The van der Waals surface area contributed by atoms with Gasteiger partial charge in [-0.25, -0.2) is 4.98 Å². The van der Waals surface area contributed by atoms with E-state index in [-0.39, 0.29) is 0 Å². The van der Waals surface area contributed by atoms with Crippen LogP contribution >= 0.6 is 0 Å². The van der Waals surface area contributed by atoms with E-state index in [4.69, 9.17) is 0 Å². The van der Waals surface area contributed by atoms with Crippen molar-refractivity contribution in [3.63, 3.8) is 0 Å². The average molecular weight is 284 g/mol. The molecule has 0 amide bonds. The Balaban J connectivity index is 2.06. The highest BCUT2D eigenvalue weighted by Crippen LogP contribution is 2.18. The molecule has 0 radical (unpaired) electrons. The maximum absolute atomic E-state index is 4.47. The Morgan fingerprint density at radius 1 is 1.19 bits per heavy atom. The van der Waals surface area contributed by atoms with Crippen molar-refractivity contribution < 1.29 is 0 Å². The number of nitrogens with one attached hydrogen (secondary N) is 1. The van der Waals surface area contributed by atoms with Crippen LogP contribution in [0.5, 0.6) is 0 Å². The molecule has 0 fully saturated rings. The van der Waals surface area contributed by atoms with Gasteiger partial charge in [-0.1, -0.05) is 13.0 Å². The van der Waals surface area contributed by atoms with Gasteiger partial charge in [0.1, 0.15) is 5.82 Å². The minimum Gasteiger partial charge on any atom is -0.354 e. The van der Waals surface area contributed by atoms with Gasteiger partial charge in [-0.3, -0.25) is 4.98 Å². The number of rotatable bonds is 7. The molecule has 0 bridgehead atoms. The third-order valence-corrected chi connectivity index (χ3v) is 3.49. The Morgan fingerprint density at radius 3 is 2.76 bits per heavy atom. The van der Waals surface area contributed by atoms with Crippen LogP contribution in [0.1, 0.15) is 37.6 Å². The van der Waals surface area contributed by atoms with Crippen LogP contribution in [0.3, 0.4) is 0 Å². The molecule has 0 spiro atoms. The van der Waals surface area contributed by atoms with Gasteiger partial charge in [0, 0.05) is 25.5 Å². The second kappa shape index (κ2) is 7.74. The molecule has 0 aliphatic heterocycles. The van der Waals surface area contributed by atoms with Gasteiger partial charge in [-0.05, 0) is 49.7 Å². The lowest BCUT2D eigenvalue weighted by atomic mass is 10.1. The fraction of sp³-hybridized carbons (Fsp3) is 0.412. The van der Waals surface area contributed by atoms with Crippen molar-refractivity contribution in [2.24, 2.45) is 0 Å². The number of anilines is 1. The average Bonchev–Trinajstić information content (AvgIpc) is 2.53. The van der Waals surface area contributed by atoms with Crippen LogP contribution in [0.2, 0.25) is 0 Å². The van der Waals surface area contributed by atoms with Gasteiger partial charge in [0.05, 0.1) is 12.2 Å². The minimum absolute atomic E-state index is 0.343. The lowest BCUT2D eigenvalue weighted by Gasteiger charge is -2.20. The van der Waals surface area contributed by atoms with Gasteiger partial charge in [0.25, 0.3) is 0 Å². The summed E-state index contributed by atoms with van der Waals surface area (Å²) in [5.74, 6) is 0.975. The molecule has 2 rings (SSSR count). The molecular formula is C17H24N4. The molecule has 0 aromatic carbocycles. The molecule has 1 atom stereocenters. The number of pyridine rings is 2. The number of nitrogens with zero attached hydrogens (tertiary/aromatic N) is 3. The van der Waals surface area contributed by atoms with E-state index in [1.165, 1.54) is 5.56 Å². The van der Waals surface area contributed by atoms with Crippen molar-refractivity contribution in [3.8, 4) is 0 Å². The Kier molecular flexibility index (Phi) is 5.69. The maximum Gasteiger partial charge on any atom is 0.128 e.